The lowest BCUT2D eigenvalue weighted by Gasteiger charge is -2.25. The predicted octanol–water partition coefficient (Wildman–Crippen LogP) is 3.32. The number of hydrogen-bond donors (Lipinski definition) is 0. The SMILES string of the molecule is CC1(C)C#CC(C)(C)CS(=O)(=NC(C)(C)C)C1. The zero-order valence-corrected chi connectivity index (χ0v) is 13.0. The first-order valence-corrected chi connectivity index (χ1v) is 7.96. The van der Waals surface area contributed by atoms with Gasteiger partial charge in [-0.2, -0.15) is 0 Å². The summed E-state index contributed by atoms with van der Waals surface area (Å²) in [6, 6.07) is 0. The maximum Gasteiger partial charge on any atom is 0.0618 e. The van der Waals surface area contributed by atoms with Crippen LogP contribution in [0.15, 0.2) is 4.36 Å². The van der Waals surface area contributed by atoms with Gasteiger partial charge < -0.3 is 0 Å². The Kier molecular flexibility index (Phi) is 3.44. The van der Waals surface area contributed by atoms with Crippen molar-refractivity contribution in [1.29, 1.82) is 0 Å². The first-order valence-electron chi connectivity index (χ1n) is 6.11. The van der Waals surface area contributed by atoms with Crippen LogP contribution in [0.2, 0.25) is 0 Å². The van der Waals surface area contributed by atoms with Crippen molar-refractivity contribution >= 4 is 9.73 Å². The van der Waals surface area contributed by atoms with E-state index in [-0.39, 0.29) is 16.4 Å². The molecule has 0 atom stereocenters. The number of rotatable bonds is 0. The Hall–Kier alpha value is -0.490. The fraction of sp³-hybridized carbons (Fsp3) is 0.857. The average molecular weight is 255 g/mol. The van der Waals surface area contributed by atoms with E-state index in [0.717, 1.165) is 0 Å². The first-order chi connectivity index (χ1) is 7.33. The van der Waals surface area contributed by atoms with E-state index >= 15 is 0 Å². The van der Waals surface area contributed by atoms with Crippen LogP contribution in [0, 0.1) is 22.7 Å². The molecule has 0 amide bonds. The van der Waals surface area contributed by atoms with Gasteiger partial charge in [-0.15, -0.1) is 0 Å². The molecule has 0 aromatic carbocycles. The third-order valence-corrected chi connectivity index (χ3v) is 5.58. The molecule has 0 saturated heterocycles. The Morgan fingerprint density at radius 1 is 1.00 bits per heavy atom. The number of hydrogen-bond acceptors (Lipinski definition) is 2. The van der Waals surface area contributed by atoms with Crippen molar-refractivity contribution in [2.24, 2.45) is 15.2 Å². The molecule has 0 unspecified atom stereocenters. The maximum atomic E-state index is 13.0. The predicted molar refractivity (Wildman–Crippen MR) is 75.4 cm³/mol. The molecule has 0 spiro atoms. The molecular formula is C14H25NOS. The molecule has 0 fully saturated rings. The highest BCUT2D eigenvalue weighted by atomic mass is 32.2. The van der Waals surface area contributed by atoms with E-state index in [2.05, 4.69) is 43.9 Å². The molecule has 2 nitrogen and oxygen atoms in total. The van der Waals surface area contributed by atoms with Gasteiger partial charge >= 0.3 is 0 Å². The summed E-state index contributed by atoms with van der Waals surface area (Å²) in [7, 11) is -2.20. The Bertz CT molecular complexity index is 447. The zero-order chi connectivity index (χ0) is 13.5. The molecule has 1 heterocycles. The second kappa shape index (κ2) is 4.02. The van der Waals surface area contributed by atoms with Crippen LogP contribution in [-0.4, -0.2) is 21.3 Å². The molecule has 0 bridgehead atoms. The van der Waals surface area contributed by atoms with Crippen LogP contribution in [0.4, 0.5) is 0 Å². The van der Waals surface area contributed by atoms with Gasteiger partial charge in [0.1, 0.15) is 0 Å². The molecule has 1 aliphatic heterocycles. The first kappa shape index (κ1) is 14.6. The van der Waals surface area contributed by atoms with Gasteiger partial charge in [-0.05, 0) is 48.5 Å². The quantitative estimate of drug-likeness (QED) is 0.611. The maximum absolute atomic E-state index is 13.0. The van der Waals surface area contributed by atoms with Crippen molar-refractivity contribution in [2.45, 2.75) is 54.0 Å². The monoisotopic (exact) mass is 255 g/mol. The molecule has 17 heavy (non-hydrogen) atoms. The highest BCUT2D eigenvalue weighted by molar-refractivity contribution is 7.93. The van der Waals surface area contributed by atoms with E-state index in [9.17, 15) is 4.21 Å². The Morgan fingerprint density at radius 3 is 1.65 bits per heavy atom. The van der Waals surface area contributed by atoms with Crippen molar-refractivity contribution in [3.05, 3.63) is 0 Å². The van der Waals surface area contributed by atoms with Crippen molar-refractivity contribution in [3.8, 4) is 11.8 Å². The van der Waals surface area contributed by atoms with Crippen molar-refractivity contribution < 1.29 is 4.21 Å². The summed E-state index contributed by atoms with van der Waals surface area (Å²) in [5.74, 6) is 7.68. The zero-order valence-electron chi connectivity index (χ0n) is 12.2. The Labute approximate surface area is 107 Å². The second-order valence-corrected chi connectivity index (χ2v) is 9.65. The van der Waals surface area contributed by atoms with Gasteiger partial charge in [0, 0.05) is 22.3 Å². The molecule has 3 heteroatoms. The minimum Gasteiger partial charge on any atom is -0.250 e. The fourth-order valence-corrected chi connectivity index (χ4v) is 5.78. The smallest absolute Gasteiger partial charge is 0.0618 e. The molecule has 0 aromatic heterocycles. The minimum absolute atomic E-state index is 0.209. The van der Waals surface area contributed by atoms with Crippen LogP contribution in [0.25, 0.3) is 0 Å². The summed E-state index contributed by atoms with van der Waals surface area (Å²) in [4.78, 5) is 0. The summed E-state index contributed by atoms with van der Waals surface area (Å²) in [5.41, 5.74) is -0.674. The van der Waals surface area contributed by atoms with Crippen LogP contribution < -0.4 is 0 Å². The molecule has 1 rings (SSSR count). The molecule has 1 aliphatic rings. The molecule has 0 N–H and O–H groups in total. The van der Waals surface area contributed by atoms with Crippen LogP contribution in [0.5, 0.6) is 0 Å². The minimum atomic E-state index is -2.20. The Balaban J connectivity index is 3.31. The van der Waals surface area contributed by atoms with E-state index in [1.807, 2.05) is 20.8 Å². The van der Waals surface area contributed by atoms with Gasteiger partial charge in [0.2, 0.25) is 0 Å². The van der Waals surface area contributed by atoms with E-state index in [4.69, 9.17) is 0 Å². The summed E-state index contributed by atoms with van der Waals surface area (Å²) < 4.78 is 17.6. The van der Waals surface area contributed by atoms with Gasteiger partial charge in [-0.25, -0.2) is 8.57 Å². The summed E-state index contributed by atoms with van der Waals surface area (Å²) in [6.07, 6.45) is 0. The normalized spacial score (nSPS) is 25.4. The molecule has 0 radical (unpaired) electrons. The Morgan fingerprint density at radius 2 is 1.35 bits per heavy atom. The molecule has 0 aromatic rings. The molecule has 0 aliphatic carbocycles. The van der Waals surface area contributed by atoms with E-state index in [1.54, 1.807) is 0 Å². The van der Waals surface area contributed by atoms with Crippen molar-refractivity contribution in [3.63, 3.8) is 0 Å². The van der Waals surface area contributed by atoms with Crippen LogP contribution in [0.1, 0.15) is 48.5 Å². The van der Waals surface area contributed by atoms with Gasteiger partial charge in [0.25, 0.3) is 0 Å². The summed E-state index contributed by atoms with van der Waals surface area (Å²) in [6.45, 7) is 14.2. The summed E-state index contributed by atoms with van der Waals surface area (Å²) in [5, 5.41) is 0. The topological polar surface area (TPSA) is 29.4 Å². The standard InChI is InChI=1S/C14H25NOS/c1-12(2,3)15-17(16)10-13(4,5)8-9-14(6,7)11-17/h10-11H2,1-7H3. The molecule has 98 valence electrons. The summed E-state index contributed by atoms with van der Waals surface area (Å²) >= 11 is 0. The van der Waals surface area contributed by atoms with Crippen LogP contribution >= 0.6 is 0 Å². The van der Waals surface area contributed by atoms with Crippen molar-refractivity contribution in [2.75, 3.05) is 11.5 Å². The third kappa shape index (κ3) is 4.71. The lowest BCUT2D eigenvalue weighted by molar-refractivity contribution is 0.544. The van der Waals surface area contributed by atoms with Crippen molar-refractivity contribution in [1.82, 2.24) is 0 Å². The highest BCUT2D eigenvalue weighted by Crippen LogP contribution is 2.30. The van der Waals surface area contributed by atoms with Gasteiger partial charge in [-0.1, -0.05) is 11.8 Å². The largest absolute Gasteiger partial charge is 0.250 e. The third-order valence-electron chi connectivity index (χ3n) is 2.35. The fourth-order valence-electron chi connectivity index (χ4n) is 2.15. The highest BCUT2D eigenvalue weighted by Gasteiger charge is 2.33. The van der Waals surface area contributed by atoms with Crippen LogP contribution in [0.3, 0.4) is 0 Å². The van der Waals surface area contributed by atoms with Gasteiger partial charge in [-0.3, -0.25) is 0 Å². The van der Waals surface area contributed by atoms with E-state index in [0.29, 0.717) is 11.5 Å². The van der Waals surface area contributed by atoms with E-state index in [1.165, 1.54) is 0 Å². The lowest BCUT2D eigenvalue weighted by atomic mass is 9.92. The molecular weight excluding hydrogens is 230 g/mol. The molecule has 0 saturated carbocycles. The van der Waals surface area contributed by atoms with Gasteiger partial charge in [0.15, 0.2) is 0 Å². The lowest BCUT2D eigenvalue weighted by Crippen LogP contribution is -2.29. The average Bonchev–Trinajstić information content (AvgIpc) is 1.99. The second-order valence-electron chi connectivity index (χ2n) is 7.34. The van der Waals surface area contributed by atoms with Crippen LogP contribution in [-0.2, 0) is 9.73 Å². The van der Waals surface area contributed by atoms with E-state index < -0.39 is 9.73 Å². The number of nitrogens with zero attached hydrogens (tertiary/aromatic N) is 1. The van der Waals surface area contributed by atoms with Gasteiger partial charge in [0.05, 0.1) is 15.3 Å².